The maximum absolute atomic E-state index is 11.8. The summed E-state index contributed by atoms with van der Waals surface area (Å²) >= 11 is 0. The van der Waals surface area contributed by atoms with Crippen molar-refractivity contribution in [3.05, 3.63) is 0 Å². The van der Waals surface area contributed by atoms with Crippen molar-refractivity contribution in [3.8, 4) is 0 Å². The van der Waals surface area contributed by atoms with Gasteiger partial charge in [0.1, 0.15) is 0 Å². The Balaban J connectivity index is 2.38. The maximum atomic E-state index is 11.8. The monoisotopic (exact) mass is 264 g/mol. The van der Waals surface area contributed by atoms with Gasteiger partial charge in [-0.3, -0.25) is 4.79 Å². The Bertz CT molecular complexity index is 347. The molecule has 0 unspecified atom stereocenters. The van der Waals surface area contributed by atoms with Gasteiger partial charge in [-0.05, 0) is 18.8 Å². The molecule has 0 aromatic rings. The number of rotatable bonds is 5. The van der Waals surface area contributed by atoms with Crippen molar-refractivity contribution in [1.29, 1.82) is 0 Å². The van der Waals surface area contributed by atoms with Crippen molar-refractivity contribution >= 4 is 16.2 Å². The second-order valence-electron chi connectivity index (χ2n) is 4.31. The molecular formula is C10H20N2O4S. The number of carbonyl (C=O) groups is 1. The van der Waals surface area contributed by atoms with Crippen LogP contribution in [0, 0.1) is 5.92 Å². The zero-order chi connectivity index (χ0) is 12.9. The number of ether oxygens (including phenoxy) is 1. The standard InChI is InChI=1S/C10H20N2O4S/c1-9-4-7-12(8-5-9)17(14,15)11-6-3-10(13)16-2/h9,11H,3-8H2,1-2H3. The molecule has 6 nitrogen and oxygen atoms in total. The molecule has 1 aliphatic rings. The van der Waals surface area contributed by atoms with Crippen LogP contribution in [0.1, 0.15) is 26.2 Å². The van der Waals surface area contributed by atoms with Gasteiger partial charge in [0.25, 0.3) is 10.2 Å². The molecule has 100 valence electrons. The Morgan fingerprint density at radius 3 is 2.53 bits per heavy atom. The largest absolute Gasteiger partial charge is 0.469 e. The fraction of sp³-hybridized carbons (Fsp3) is 0.900. The maximum Gasteiger partial charge on any atom is 0.306 e. The van der Waals surface area contributed by atoms with E-state index in [1.165, 1.54) is 11.4 Å². The number of hydrogen-bond donors (Lipinski definition) is 1. The molecule has 1 heterocycles. The van der Waals surface area contributed by atoms with E-state index in [0.717, 1.165) is 12.8 Å². The van der Waals surface area contributed by atoms with Gasteiger partial charge < -0.3 is 4.74 Å². The smallest absolute Gasteiger partial charge is 0.306 e. The summed E-state index contributed by atoms with van der Waals surface area (Å²) in [6, 6.07) is 0. The third-order valence-corrected chi connectivity index (χ3v) is 4.54. The molecule has 1 fully saturated rings. The first-order chi connectivity index (χ1) is 7.95. The van der Waals surface area contributed by atoms with Crippen LogP contribution in [0.4, 0.5) is 0 Å². The van der Waals surface area contributed by atoms with E-state index < -0.39 is 16.2 Å². The molecule has 1 aliphatic heterocycles. The number of nitrogens with one attached hydrogen (secondary N) is 1. The van der Waals surface area contributed by atoms with Crippen molar-refractivity contribution in [2.45, 2.75) is 26.2 Å². The van der Waals surface area contributed by atoms with Crippen molar-refractivity contribution in [3.63, 3.8) is 0 Å². The molecular weight excluding hydrogens is 244 g/mol. The van der Waals surface area contributed by atoms with E-state index in [1.54, 1.807) is 0 Å². The van der Waals surface area contributed by atoms with E-state index in [4.69, 9.17) is 0 Å². The molecule has 17 heavy (non-hydrogen) atoms. The third-order valence-electron chi connectivity index (χ3n) is 2.92. The first kappa shape index (κ1) is 14.4. The molecule has 0 atom stereocenters. The number of carbonyl (C=O) groups excluding carboxylic acids is 1. The quantitative estimate of drug-likeness (QED) is 0.715. The second-order valence-corrected chi connectivity index (χ2v) is 6.06. The first-order valence-electron chi connectivity index (χ1n) is 5.77. The van der Waals surface area contributed by atoms with E-state index in [2.05, 4.69) is 16.4 Å². The van der Waals surface area contributed by atoms with Crippen LogP contribution in [0.5, 0.6) is 0 Å². The predicted molar refractivity (Wildman–Crippen MR) is 63.5 cm³/mol. The highest BCUT2D eigenvalue weighted by Gasteiger charge is 2.25. The molecule has 0 bridgehead atoms. The van der Waals surface area contributed by atoms with Crippen molar-refractivity contribution in [2.24, 2.45) is 5.92 Å². The highest BCUT2D eigenvalue weighted by atomic mass is 32.2. The van der Waals surface area contributed by atoms with E-state index in [1.807, 2.05) is 0 Å². The number of nitrogens with zero attached hydrogens (tertiary/aromatic N) is 1. The van der Waals surface area contributed by atoms with Gasteiger partial charge in [-0.25, -0.2) is 4.72 Å². The summed E-state index contributed by atoms with van der Waals surface area (Å²) in [7, 11) is -2.15. The summed E-state index contributed by atoms with van der Waals surface area (Å²) in [6.45, 7) is 3.30. The third kappa shape index (κ3) is 4.61. The Kier molecular flexibility index (Phi) is 5.35. The number of esters is 1. The molecule has 0 aromatic carbocycles. The van der Waals surface area contributed by atoms with Crippen LogP contribution in [0.2, 0.25) is 0 Å². The number of hydrogen-bond acceptors (Lipinski definition) is 4. The summed E-state index contributed by atoms with van der Waals surface area (Å²) < 4.78 is 31.9. The Morgan fingerprint density at radius 1 is 1.41 bits per heavy atom. The van der Waals surface area contributed by atoms with Gasteiger partial charge in [0.05, 0.1) is 13.5 Å². The average molecular weight is 264 g/mol. The summed E-state index contributed by atoms with van der Waals surface area (Å²) in [5.74, 6) is 0.163. The van der Waals surface area contributed by atoms with Gasteiger partial charge in [-0.15, -0.1) is 0 Å². The lowest BCUT2D eigenvalue weighted by molar-refractivity contribution is -0.140. The normalized spacial score (nSPS) is 19.2. The molecule has 1 N–H and O–H groups in total. The number of methoxy groups -OCH3 is 1. The van der Waals surface area contributed by atoms with Crippen LogP contribution >= 0.6 is 0 Å². The minimum atomic E-state index is -3.44. The van der Waals surface area contributed by atoms with E-state index in [0.29, 0.717) is 19.0 Å². The fourth-order valence-corrected chi connectivity index (χ4v) is 2.93. The topological polar surface area (TPSA) is 75.7 Å². The van der Waals surface area contributed by atoms with Crippen LogP contribution in [0.25, 0.3) is 0 Å². The molecule has 7 heteroatoms. The zero-order valence-corrected chi connectivity index (χ0v) is 11.1. The van der Waals surface area contributed by atoms with Gasteiger partial charge >= 0.3 is 5.97 Å². The second kappa shape index (κ2) is 6.32. The first-order valence-corrected chi connectivity index (χ1v) is 7.21. The van der Waals surface area contributed by atoms with Gasteiger partial charge in [-0.1, -0.05) is 6.92 Å². The Labute approximate surface area is 102 Å². The van der Waals surface area contributed by atoms with Gasteiger partial charge in [-0.2, -0.15) is 12.7 Å². The van der Waals surface area contributed by atoms with E-state index in [-0.39, 0.29) is 13.0 Å². The fourth-order valence-electron chi connectivity index (χ4n) is 1.70. The molecule has 0 spiro atoms. The summed E-state index contributed by atoms with van der Waals surface area (Å²) in [4.78, 5) is 10.8. The molecule has 1 saturated heterocycles. The highest BCUT2D eigenvalue weighted by molar-refractivity contribution is 7.87. The Hall–Kier alpha value is -0.660. The van der Waals surface area contributed by atoms with E-state index in [9.17, 15) is 13.2 Å². The lowest BCUT2D eigenvalue weighted by Crippen LogP contribution is -2.45. The molecule has 0 amide bonds. The lowest BCUT2D eigenvalue weighted by atomic mass is 10.0. The van der Waals surface area contributed by atoms with Crippen LogP contribution in [-0.4, -0.2) is 45.4 Å². The molecule has 0 aliphatic carbocycles. The van der Waals surface area contributed by atoms with Crippen LogP contribution in [0.3, 0.4) is 0 Å². The number of piperidine rings is 1. The minimum absolute atomic E-state index is 0.0555. The van der Waals surface area contributed by atoms with Crippen molar-refractivity contribution < 1.29 is 17.9 Å². The lowest BCUT2D eigenvalue weighted by Gasteiger charge is -2.29. The van der Waals surface area contributed by atoms with Crippen LogP contribution < -0.4 is 4.72 Å². The molecule has 1 rings (SSSR count). The summed E-state index contributed by atoms with van der Waals surface area (Å²) in [5, 5.41) is 0. The highest BCUT2D eigenvalue weighted by Crippen LogP contribution is 2.17. The van der Waals surface area contributed by atoms with E-state index >= 15 is 0 Å². The Morgan fingerprint density at radius 2 is 2.00 bits per heavy atom. The van der Waals surface area contributed by atoms with Crippen molar-refractivity contribution in [1.82, 2.24) is 9.03 Å². The van der Waals surface area contributed by atoms with Crippen molar-refractivity contribution in [2.75, 3.05) is 26.7 Å². The van der Waals surface area contributed by atoms with Gasteiger partial charge in [0, 0.05) is 19.6 Å². The zero-order valence-electron chi connectivity index (χ0n) is 10.3. The van der Waals surface area contributed by atoms with Crippen LogP contribution in [-0.2, 0) is 19.7 Å². The average Bonchev–Trinajstić information content (AvgIpc) is 2.29. The molecule has 0 radical (unpaired) electrons. The predicted octanol–water partition coefficient (Wildman–Crippen LogP) is 0.116. The summed E-state index contributed by atoms with van der Waals surface area (Å²) in [5.41, 5.74) is 0. The molecule has 0 aromatic heterocycles. The van der Waals surface area contributed by atoms with Gasteiger partial charge in [0.2, 0.25) is 0 Å². The van der Waals surface area contributed by atoms with Crippen LogP contribution in [0.15, 0.2) is 0 Å². The van der Waals surface area contributed by atoms with Gasteiger partial charge in [0.15, 0.2) is 0 Å². The minimum Gasteiger partial charge on any atom is -0.469 e. The molecule has 0 saturated carbocycles. The summed E-state index contributed by atoms with van der Waals surface area (Å²) in [6.07, 6.45) is 1.83. The SMILES string of the molecule is COC(=O)CCNS(=O)(=O)N1CCC(C)CC1.